The van der Waals surface area contributed by atoms with Gasteiger partial charge in [0.2, 0.25) is 0 Å². The van der Waals surface area contributed by atoms with Gasteiger partial charge in [-0.15, -0.1) is 22.9 Å². The Bertz CT molecular complexity index is 326. The van der Waals surface area contributed by atoms with Gasteiger partial charge in [0, 0.05) is 6.04 Å². The Kier molecular flexibility index (Phi) is 4.41. The van der Waals surface area contributed by atoms with Crippen LogP contribution in [0.4, 0.5) is 0 Å². The lowest BCUT2D eigenvalue weighted by atomic mass is 10.2. The van der Waals surface area contributed by atoms with E-state index in [4.69, 9.17) is 11.6 Å². The van der Waals surface area contributed by atoms with Gasteiger partial charge in [-0.25, -0.2) is 0 Å². The molecule has 1 rings (SSSR count). The third kappa shape index (κ3) is 2.97. The van der Waals surface area contributed by atoms with Crippen molar-refractivity contribution in [3.8, 4) is 0 Å². The average molecular weight is 297 g/mol. The molecule has 2 nitrogen and oxygen atoms in total. The van der Waals surface area contributed by atoms with Crippen molar-refractivity contribution in [2.75, 3.05) is 0 Å². The molecule has 0 aromatic carbocycles. The number of thiophene rings is 1. The number of halogens is 2. The third-order valence-electron chi connectivity index (χ3n) is 1.91. The zero-order chi connectivity index (χ0) is 10.7. The first-order valence-electron chi connectivity index (χ1n) is 4.20. The molecule has 0 bridgehead atoms. The van der Waals surface area contributed by atoms with Crippen molar-refractivity contribution in [3.63, 3.8) is 0 Å². The third-order valence-corrected chi connectivity index (χ3v) is 3.98. The Hall–Kier alpha value is -0.0600. The lowest BCUT2D eigenvalue weighted by Crippen LogP contribution is -2.37. The van der Waals surface area contributed by atoms with Crippen molar-refractivity contribution in [3.05, 3.63) is 20.8 Å². The highest BCUT2D eigenvalue weighted by molar-refractivity contribution is 9.11. The van der Waals surface area contributed by atoms with Crippen molar-refractivity contribution >= 4 is 44.8 Å². The maximum atomic E-state index is 11.6. The number of alkyl halides is 1. The van der Waals surface area contributed by atoms with Crippen LogP contribution in [0, 0.1) is 0 Å². The van der Waals surface area contributed by atoms with E-state index in [2.05, 4.69) is 21.2 Å². The van der Waals surface area contributed by atoms with Crippen LogP contribution in [0.15, 0.2) is 15.2 Å². The summed E-state index contributed by atoms with van der Waals surface area (Å²) < 4.78 is 0.851. The van der Waals surface area contributed by atoms with Gasteiger partial charge in [-0.3, -0.25) is 4.79 Å². The maximum absolute atomic E-state index is 11.6. The SMILES string of the molecule is CC(Cl)C(C)NC(=O)c1ccsc1Br. The molecule has 78 valence electrons. The van der Waals surface area contributed by atoms with Gasteiger partial charge < -0.3 is 5.32 Å². The number of amides is 1. The van der Waals surface area contributed by atoms with Crippen LogP contribution in [0.2, 0.25) is 0 Å². The van der Waals surface area contributed by atoms with E-state index in [9.17, 15) is 4.79 Å². The van der Waals surface area contributed by atoms with E-state index in [-0.39, 0.29) is 17.3 Å². The van der Waals surface area contributed by atoms with Crippen LogP contribution in [0.25, 0.3) is 0 Å². The molecule has 0 aliphatic carbocycles. The Morgan fingerprint density at radius 2 is 2.29 bits per heavy atom. The molecule has 5 heteroatoms. The average Bonchev–Trinajstić information content (AvgIpc) is 2.51. The predicted octanol–water partition coefficient (Wildman–Crippen LogP) is 3.26. The topological polar surface area (TPSA) is 29.1 Å². The van der Waals surface area contributed by atoms with Crippen LogP contribution in [-0.4, -0.2) is 17.3 Å². The summed E-state index contributed by atoms with van der Waals surface area (Å²) in [6.07, 6.45) is 0. The molecular weight excluding hydrogens is 286 g/mol. The van der Waals surface area contributed by atoms with Gasteiger partial charge >= 0.3 is 0 Å². The molecule has 0 aliphatic rings. The predicted molar refractivity (Wildman–Crippen MR) is 64.3 cm³/mol. The second-order valence-electron chi connectivity index (χ2n) is 3.05. The molecule has 0 spiro atoms. The number of carbonyl (C=O) groups is 1. The van der Waals surface area contributed by atoms with Gasteiger partial charge in [0.05, 0.1) is 14.7 Å². The standard InChI is InChI=1S/C9H11BrClNOS/c1-5(11)6(2)12-9(13)7-3-4-14-8(7)10/h3-6H,1-2H3,(H,12,13). The van der Waals surface area contributed by atoms with Gasteiger partial charge in [-0.1, -0.05) is 0 Å². The Morgan fingerprint density at radius 1 is 1.64 bits per heavy atom. The van der Waals surface area contributed by atoms with E-state index in [0.717, 1.165) is 3.79 Å². The van der Waals surface area contributed by atoms with Gasteiger partial charge in [0.15, 0.2) is 0 Å². The second-order valence-corrected chi connectivity index (χ2v) is 5.97. The van der Waals surface area contributed by atoms with Crippen LogP contribution < -0.4 is 5.32 Å². The Labute approximate surface area is 101 Å². The first-order chi connectivity index (χ1) is 6.52. The van der Waals surface area contributed by atoms with E-state index in [1.807, 2.05) is 19.2 Å². The minimum atomic E-state index is -0.0851. The molecule has 1 aromatic rings. The molecule has 0 aliphatic heterocycles. The first kappa shape index (κ1) is 12.0. The van der Waals surface area contributed by atoms with Crippen LogP contribution in [0.1, 0.15) is 24.2 Å². The summed E-state index contributed by atoms with van der Waals surface area (Å²) in [7, 11) is 0. The molecule has 1 N–H and O–H groups in total. The molecule has 1 amide bonds. The van der Waals surface area contributed by atoms with Crippen LogP contribution in [0.5, 0.6) is 0 Å². The molecule has 0 saturated heterocycles. The smallest absolute Gasteiger partial charge is 0.253 e. The highest BCUT2D eigenvalue weighted by Gasteiger charge is 2.16. The number of nitrogens with one attached hydrogen (secondary N) is 1. The highest BCUT2D eigenvalue weighted by atomic mass is 79.9. The normalized spacial score (nSPS) is 14.9. The number of hydrogen-bond donors (Lipinski definition) is 1. The zero-order valence-corrected chi connectivity index (χ0v) is 11.0. The number of carbonyl (C=O) groups excluding carboxylic acids is 1. The van der Waals surface area contributed by atoms with Crippen LogP contribution >= 0.6 is 38.9 Å². The minimum absolute atomic E-state index is 0.0315. The molecule has 1 aromatic heterocycles. The number of rotatable bonds is 3. The van der Waals surface area contributed by atoms with Crippen molar-refractivity contribution < 1.29 is 4.79 Å². The molecule has 0 fully saturated rings. The summed E-state index contributed by atoms with van der Waals surface area (Å²) in [5.41, 5.74) is 0.666. The summed E-state index contributed by atoms with van der Waals surface area (Å²) in [6.45, 7) is 3.74. The quantitative estimate of drug-likeness (QED) is 0.852. The van der Waals surface area contributed by atoms with Crippen LogP contribution in [0.3, 0.4) is 0 Å². The lowest BCUT2D eigenvalue weighted by Gasteiger charge is -2.15. The highest BCUT2D eigenvalue weighted by Crippen LogP contribution is 2.23. The summed E-state index contributed by atoms with van der Waals surface area (Å²) in [4.78, 5) is 11.6. The van der Waals surface area contributed by atoms with Gasteiger partial charge in [-0.05, 0) is 41.2 Å². The fourth-order valence-corrected chi connectivity index (χ4v) is 2.17. The van der Waals surface area contributed by atoms with Gasteiger partial charge in [0.1, 0.15) is 0 Å². The van der Waals surface area contributed by atoms with Crippen molar-refractivity contribution in [2.45, 2.75) is 25.3 Å². The Balaban J connectivity index is 2.64. The van der Waals surface area contributed by atoms with E-state index in [1.165, 1.54) is 11.3 Å². The fraction of sp³-hybridized carbons (Fsp3) is 0.444. The van der Waals surface area contributed by atoms with E-state index >= 15 is 0 Å². The second kappa shape index (κ2) is 5.14. The van der Waals surface area contributed by atoms with Crippen molar-refractivity contribution in [1.82, 2.24) is 5.32 Å². The number of hydrogen-bond acceptors (Lipinski definition) is 2. The minimum Gasteiger partial charge on any atom is -0.348 e. The van der Waals surface area contributed by atoms with E-state index < -0.39 is 0 Å². The van der Waals surface area contributed by atoms with Crippen molar-refractivity contribution in [2.24, 2.45) is 0 Å². The molecule has 2 unspecified atom stereocenters. The van der Waals surface area contributed by atoms with Crippen LogP contribution in [-0.2, 0) is 0 Å². The molecule has 1 heterocycles. The summed E-state index contributed by atoms with van der Waals surface area (Å²) in [5, 5.41) is 4.62. The van der Waals surface area contributed by atoms with Gasteiger partial charge in [-0.2, -0.15) is 0 Å². The van der Waals surface area contributed by atoms with E-state index in [1.54, 1.807) is 6.07 Å². The molecule has 0 saturated carbocycles. The molecule has 0 radical (unpaired) electrons. The molecule has 14 heavy (non-hydrogen) atoms. The zero-order valence-electron chi connectivity index (χ0n) is 7.88. The maximum Gasteiger partial charge on any atom is 0.253 e. The van der Waals surface area contributed by atoms with Crippen molar-refractivity contribution in [1.29, 1.82) is 0 Å². The monoisotopic (exact) mass is 295 g/mol. The van der Waals surface area contributed by atoms with E-state index in [0.29, 0.717) is 5.56 Å². The van der Waals surface area contributed by atoms with Gasteiger partial charge in [0.25, 0.3) is 5.91 Å². The summed E-state index contributed by atoms with van der Waals surface area (Å²) >= 11 is 10.7. The molecular formula is C9H11BrClNOS. The largest absolute Gasteiger partial charge is 0.348 e. The molecule has 2 atom stereocenters. The lowest BCUT2D eigenvalue weighted by molar-refractivity contribution is 0.0939. The first-order valence-corrected chi connectivity index (χ1v) is 6.31. The Morgan fingerprint density at radius 3 is 2.71 bits per heavy atom. The summed E-state index contributed by atoms with van der Waals surface area (Å²) in [6, 6.07) is 1.76. The fourth-order valence-electron chi connectivity index (χ4n) is 0.855. The summed E-state index contributed by atoms with van der Waals surface area (Å²) in [5.74, 6) is -0.0851.